The van der Waals surface area contributed by atoms with E-state index in [1.54, 1.807) is 24.3 Å². The molecule has 1 fully saturated rings. The highest BCUT2D eigenvalue weighted by Gasteiger charge is 2.33. The Hall–Kier alpha value is -1.39. The van der Waals surface area contributed by atoms with Crippen LogP contribution in [0.2, 0.25) is 0 Å². The number of aliphatic hydroxyl groups excluding tert-OH is 1. The van der Waals surface area contributed by atoms with E-state index in [-0.39, 0.29) is 17.5 Å². The highest BCUT2D eigenvalue weighted by atomic mass is 32.2. The second-order valence-electron chi connectivity index (χ2n) is 5.18. The lowest BCUT2D eigenvalue weighted by molar-refractivity contribution is 0.170. The predicted molar refractivity (Wildman–Crippen MR) is 81.3 cm³/mol. The monoisotopic (exact) mass is 308 g/mol. The molecule has 1 unspecified atom stereocenters. The van der Waals surface area contributed by atoms with Crippen LogP contribution >= 0.6 is 0 Å². The number of sulfonamides is 1. The van der Waals surface area contributed by atoms with Gasteiger partial charge in [-0.15, -0.1) is 0 Å². The molecule has 114 valence electrons. The summed E-state index contributed by atoms with van der Waals surface area (Å²) in [4.78, 5) is 2.33. The lowest BCUT2D eigenvalue weighted by Crippen LogP contribution is -2.52. The minimum Gasteiger partial charge on any atom is -0.384 e. The van der Waals surface area contributed by atoms with Crippen LogP contribution in [0.15, 0.2) is 29.2 Å². The molecule has 2 rings (SSSR count). The molecule has 21 heavy (non-hydrogen) atoms. The first-order valence-corrected chi connectivity index (χ1v) is 8.30. The molecule has 1 aliphatic rings. The van der Waals surface area contributed by atoms with E-state index in [2.05, 4.69) is 16.7 Å². The van der Waals surface area contributed by atoms with Gasteiger partial charge in [0.1, 0.15) is 6.61 Å². The number of benzene rings is 1. The molecule has 0 aliphatic carbocycles. The third-order valence-electron chi connectivity index (χ3n) is 3.55. The molecule has 1 aromatic rings. The summed E-state index contributed by atoms with van der Waals surface area (Å²) in [5.74, 6) is 5.23. The third-order valence-corrected chi connectivity index (χ3v) is 5.62. The average molecular weight is 308 g/mol. The summed E-state index contributed by atoms with van der Waals surface area (Å²) in [6, 6.07) is 6.59. The van der Waals surface area contributed by atoms with Gasteiger partial charge in [-0.2, -0.15) is 4.31 Å². The summed E-state index contributed by atoms with van der Waals surface area (Å²) in [5.41, 5.74) is 0.428. The van der Waals surface area contributed by atoms with Gasteiger partial charge in [0, 0.05) is 31.2 Å². The van der Waals surface area contributed by atoms with Crippen LogP contribution < -0.4 is 0 Å². The molecule has 6 heteroatoms. The lowest BCUT2D eigenvalue weighted by atomic mass is 10.2. The van der Waals surface area contributed by atoms with E-state index in [0.29, 0.717) is 25.2 Å². The smallest absolute Gasteiger partial charge is 0.244 e. The first-order valence-electron chi connectivity index (χ1n) is 6.86. The molecule has 1 aliphatic heterocycles. The van der Waals surface area contributed by atoms with Gasteiger partial charge >= 0.3 is 0 Å². The summed E-state index contributed by atoms with van der Waals surface area (Å²) in [6.45, 7) is 3.52. The molecule has 0 spiro atoms. The number of hydrogen-bond donors (Lipinski definition) is 1. The molecule has 1 aromatic carbocycles. The second-order valence-corrected chi connectivity index (χ2v) is 7.04. The fraction of sp³-hybridized carbons (Fsp3) is 0.467. The van der Waals surface area contributed by atoms with Crippen LogP contribution in [-0.4, -0.2) is 62.1 Å². The Labute approximate surface area is 126 Å². The maximum Gasteiger partial charge on any atom is 0.244 e. The Morgan fingerprint density at radius 1 is 1.33 bits per heavy atom. The zero-order chi connectivity index (χ0) is 15.5. The molecule has 0 radical (unpaired) electrons. The van der Waals surface area contributed by atoms with Crippen LogP contribution in [0, 0.1) is 11.8 Å². The molecule has 0 saturated carbocycles. The standard InChI is InChI=1S/C15H20N2O3S/c1-13-12-16(2)9-10-17(13)21(19,20)15-8-4-3-6-14(15)7-5-11-18/h3-4,6,8,13,18H,9-12H2,1-2H3. The molecule has 1 heterocycles. The highest BCUT2D eigenvalue weighted by Crippen LogP contribution is 2.23. The first kappa shape index (κ1) is 16.0. The van der Waals surface area contributed by atoms with Crippen molar-refractivity contribution < 1.29 is 13.5 Å². The summed E-state index contributed by atoms with van der Waals surface area (Å²) in [6.07, 6.45) is 0. The van der Waals surface area contributed by atoms with Crippen molar-refractivity contribution in [3.63, 3.8) is 0 Å². The van der Waals surface area contributed by atoms with Crippen molar-refractivity contribution in [2.45, 2.75) is 17.9 Å². The SMILES string of the molecule is CC1CN(C)CCN1S(=O)(=O)c1ccccc1C#CCO. The van der Waals surface area contributed by atoms with E-state index in [1.807, 2.05) is 14.0 Å². The van der Waals surface area contributed by atoms with Gasteiger partial charge in [-0.3, -0.25) is 0 Å². The van der Waals surface area contributed by atoms with E-state index in [1.165, 1.54) is 4.31 Å². The van der Waals surface area contributed by atoms with Crippen molar-refractivity contribution >= 4 is 10.0 Å². The van der Waals surface area contributed by atoms with Gasteiger partial charge in [0.2, 0.25) is 10.0 Å². The summed E-state index contributed by atoms with van der Waals surface area (Å²) < 4.78 is 27.3. The van der Waals surface area contributed by atoms with Crippen molar-refractivity contribution in [2.75, 3.05) is 33.3 Å². The molecular formula is C15H20N2O3S. The summed E-state index contributed by atoms with van der Waals surface area (Å²) in [7, 11) is -1.59. The molecule has 0 bridgehead atoms. The Kier molecular flexibility index (Phi) is 5.01. The molecular weight excluding hydrogens is 288 g/mol. The van der Waals surface area contributed by atoms with Gasteiger partial charge in [-0.05, 0) is 26.1 Å². The van der Waals surface area contributed by atoms with Crippen LogP contribution in [0.4, 0.5) is 0 Å². The predicted octanol–water partition coefficient (Wildman–Crippen LogP) is 0.355. The van der Waals surface area contributed by atoms with E-state index < -0.39 is 10.0 Å². The van der Waals surface area contributed by atoms with E-state index in [0.717, 1.165) is 0 Å². The second kappa shape index (κ2) is 6.58. The van der Waals surface area contributed by atoms with Crippen LogP contribution in [-0.2, 0) is 10.0 Å². The largest absolute Gasteiger partial charge is 0.384 e. The normalized spacial score (nSPS) is 20.8. The lowest BCUT2D eigenvalue weighted by Gasteiger charge is -2.37. The number of likely N-dealkylation sites (N-methyl/N-ethyl adjacent to an activating group) is 1. The van der Waals surface area contributed by atoms with Gasteiger partial charge in [-0.25, -0.2) is 8.42 Å². The Morgan fingerprint density at radius 2 is 2.05 bits per heavy atom. The zero-order valence-corrected chi connectivity index (χ0v) is 13.1. The van der Waals surface area contributed by atoms with Crippen LogP contribution in [0.25, 0.3) is 0 Å². The van der Waals surface area contributed by atoms with Crippen LogP contribution in [0.1, 0.15) is 12.5 Å². The number of aliphatic hydroxyl groups is 1. The quantitative estimate of drug-likeness (QED) is 0.801. The number of hydrogen-bond acceptors (Lipinski definition) is 4. The number of piperazine rings is 1. The summed E-state index contributed by atoms with van der Waals surface area (Å²) >= 11 is 0. The van der Waals surface area contributed by atoms with Crippen LogP contribution in [0.3, 0.4) is 0 Å². The zero-order valence-electron chi connectivity index (χ0n) is 12.3. The molecule has 1 N–H and O–H groups in total. The third kappa shape index (κ3) is 3.44. The van der Waals surface area contributed by atoms with Gasteiger partial charge in [0.25, 0.3) is 0 Å². The molecule has 0 amide bonds. The fourth-order valence-electron chi connectivity index (χ4n) is 2.54. The molecule has 1 saturated heterocycles. The first-order chi connectivity index (χ1) is 9.96. The summed E-state index contributed by atoms with van der Waals surface area (Å²) in [5, 5.41) is 8.80. The van der Waals surface area contributed by atoms with Crippen molar-refractivity contribution in [2.24, 2.45) is 0 Å². The minimum absolute atomic E-state index is 0.0763. The van der Waals surface area contributed by atoms with Gasteiger partial charge in [-0.1, -0.05) is 24.0 Å². The average Bonchev–Trinajstić information content (AvgIpc) is 2.45. The van der Waals surface area contributed by atoms with Crippen molar-refractivity contribution in [1.82, 2.24) is 9.21 Å². The number of rotatable bonds is 2. The highest BCUT2D eigenvalue weighted by molar-refractivity contribution is 7.89. The van der Waals surface area contributed by atoms with E-state index in [4.69, 9.17) is 5.11 Å². The Morgan fingerprint density at radius 3 is 2.71 bits per heavy atom. The Bertz CT molecular complexity index is 661. The van der Waals surface area contributed by atoms with Crippen LogP contribution in [0.5, 0.6) is 0 Å². The van der Waals surface area contributed by atoms with E-state index in [9.17, 15) is 8.42 Å². The van der Waals surface area contributed by atoms with Crippen molar-refractivity contribution in [3.05, 3.63) is 29.8 Å². The topological polar surface area (TPSA) is 60.9 Å². The van der Waals surface area contributed by atoms with Gasteiger partial charge in [0.05, 0.1) is 4.90 Å². The van der Waals surface area contributed by atoms with Crippen molar-refractivity contribution in [1.29, 1.82) is 0 Å². The fourth-order valence-corrected chi connectivity index (χ4v) is 4.30. The maximum atomic E-state index is 12.9. The number of nitrogens with zero attached hydrogens (tertiary/aromatic N) is 2. The molecule has 1 atom stereocenters. The van der Waals surface area contributed by atoms with Gasteiger partial charge < -0.3 is 10.0 Å². The minimum atomic E-state index is -3.57. The Balaban J connectivity index is 2.40. The van der Waals surface area contributed by atoms with E-state index >= 15 is 0 Å². The van der Waals surface area contributed by atoms with Gasteiger partial charge in [0.15, 0.2) is 0 Å². The van der Waals surface area contributed by atoms with Crippen molar-refractivity contribution in [3.8, 4) is 11.8 Å². The maximum absolute atomic E-state index is 12.9. The molecule has 5 nitrogen and oxygen atoms in total. The molecule has 0 aromatic heterocycles.